The Morgan fingerprint density at radius 1 is 1.50 bits per heavy atom. The summed E-state index contributed by atoms with van der Waals surface area (Å²) >= 11 is 0. The molecule has 96 valence electrons. The van der Waals surface area contributed by atoms with E-state index in [4.69, 9.17) is 16.9 Å². The van der Waals surface area contributed by atoms with Crippen molar-refractivity contribution in [3.05, 3.63) is 29.8 Å². The van der Waals surface area contributed by atoms with Crippen LogP contribution in [0.3, 0.4) is 0 Å². The van der Waals surface area contributed by atoms with E-state index in [1.165, 1.54) is 0 Å². The first kappa shape index (κ1) is 14.1. The topological polar surface area (TPSA) is 64.3 Å². The lowest BCUT2D eigenvalue weighted by molar-refractivity contribution is -0.122. The van der Waals surface area contributed by atoms with Crippen molar-refractivity contribution in [1.29, 1.82) is 0 Å². The van der Waals surface area contributed by atoms with E-state index in [9.17, 15) is 4.79 Å². The van der Waals surface area contributed by atoms with Crippen LogP contribution in [0.15, 0.2) is 24.3 Å². The van der Waals surface area contributed by atoms with Gasteiger partial charge >= 0.3 is 0 Å². The van der Waals surface area contributed by atoms with Crippen LogP contribution in [0.4, 0.5) is 0 Å². The molecule has 3 N–H and O–H groups in total. The molecule has 18 heavy (non-hydrogen) atoms. The summed E-state index contributed by atoms with van der Waals surface area (Å²) in [4.78, 5) is 11.2. The third kappa shape index (κ3) is 5.37. The number of rotatable bonds is 6. The van der Waals surface area contributed by atoms with Crippen LogP contribution < -0.4 is 15.8 Å². The van der Waals surface area contributed by atoms with Gasteiger partial charge in [-0.05, 0) is 31.0 Å². The molecule has 1 unspecified atom stereocenters. The van der Waals surface area contributed by atoms with Crippen LogP contribution in [-0.2, 0) is 11.2 Å². The average Bonchev–Trinajstić information content (AvgIpc) is 2.35. The van der Waals surface area contributed by atoms with Crippen molar-refractivity contribution in [3.8, 4) is 18.1 Å². The molecule has 0 aliphatic heterocycles. The van der Waals surface area contributed by atoms with E-state index < -0.39 is 0 Å². The molecule has 0 aromatic heterocycles. The third-order valence-electron chi connectivity index (χ3n) is 2.24. The molecular weight excluding hydrogens is 228 g/mol. The van der Waals surface area contributed by atoms with Gasteiger partial charge in [0.1, 0.15) is 5.75 Å². The van der Waals surface area contributed by atoms with Crippen LogP contribution in [0.2, 0.25) is 0 Å². The molecule has 4 heteroatoms. The number of terminal acetylenes is 1. The Balaban J connectivity index is 2.39. The lowest BCUT2D eigenvalue weighted by atomic mass is 10.1. The quantitative estimate of drug-likeness (QED) is 0.726. The van der Waals surface area contributed by atoms with Gasteiger partial charge in [0.15, 0.2) is 6.61 Å². The first-order valence-corrected chi connectivity index (χ1v) is 5.79. The van der Waals surface area contributed by atoms with Crippen LogP contribution in [0, 0.1) is 12.3 Å². The van der Waals surface area contributed by atoms with Gasteiger partial charge in [0.05, 0.1) is 6.54 Å². The number of ether oxygens (including phenoxy) is 1. The molecule has 1 rings (SSSR count). The summed E-state index contributed by atoms with van der Waals surface area (Å²) in [6, 6.07) is 7.67. The molecule has 0 aliphatic rings. The average molecular weight is 246 g/mol. The zero-order valence-electron chi connectivity index (χ0n) is 10.5. The smallest absolute Gasteiger partial charge is 0.258 e. The minimum atomic E-state index is -0.229. The van der Waals surface area contributed by atoms with Crippen molar-refractivity contribution in [2.75, 3.05) is 13.2 Å². The molecule has 0 heterocycles. The van der Waals surface area contributed by atoms with Crippen molar-refractivity contribution in [3.63, 3.8) is 0 Å². The predicted molar refractivity (Wildman–Crippen MR) is 71.1 cm³/mol. The highest BCUT2D eigenvalue weighted by atomic mass is 16.5. The zero-order valence-corrected chi connectivity index (χ0v) is 10.5. The van der Waals surface area contributed by atoms with E-state index in [0.29, 0.717) is 5.75 Å². The minimum Gasteiger partial charge on any atom is -0.484 e. The lowest BCUT2D eigenvalue weighted by Crippen LogP contribution is -2.29. The molecule has 0 bridgehead atoms. The second-order valence-corrected chi connectivity index (χ2v) is 4.09. The van der Waals surface area contributed by atoms with Crippen LogP contribution >= 0.6 is 0 Å². The summed E-state index contributed by atoms with van der Waals surface area (Å²) in [6.45, 7) is 2.14. The highest BCUT2D eigenvalue weighted by Gasteiger charge is 2.02. The summed E-state index contributed by atoms with van der Waals surface area (Å²) in [6.07, 6.45) is 5.85. The number of nitrogens with two attached hydrogens (primary N) is 1. The molecule has 0 saturated heterocycles. The Kier molecular flexibility index (Phi) is 5.75. The second kappa shape index (κ2) is 7.36. The van der Waals surface area contributed by atoms with Crippen LogP contribution in [0.25, 0.3) is 0 Å². The minimum absolute atomic E-state index is 0.0334. The van der Waals surface area contributed by atoms with Gasteiger partial charge in [-0.3, -0.25) is 4.79 Å². The first-order chi connectivity index (χ1) is 8.61. The number of amides is 1. The highest BCUT2D eigenvalue weighted by molar-refractivity contribution is 5.77. The van der Waals surface area contributed by atoms with E-state index in [-0.39, 0.29) is 25.1 Å². The van der Waals surface area contributed by atoms with Gasteiger partial charge in [-0.2, -0.15) is 0 Å². The molecule has 0 saturated carbocycles. The van der Waals surface area contributed by atoms with E-state index in [1.807, 2.05) is 31.2 Å². The number of carbonyl (C=O) groups is 1. The van der Waals surface area contributed by atoms with Crippen molar-refractivity contribution in [2.24, 2.45) is 5.73 Å². The van der Waals surface area contributed by atoms with Crippen molar-refractivity contribution >= 4 is 5.91 Å². The van der Waals surface area contributed by atoms with Gasteiger partial charge in [0.2, 0.25) is 0 Å². The molecule has 0 spiro atoms. The van der Waals surface area contributed by atoms with Crippen LogP contribution in [0.5, 0.6) is 5.75 Å². The Bertz CT molecular complexity index is 418. The maximum absolute atomic E-state index is 11.2. The van der Waals surface area contributed by atoms with Gasteiger partial charge in [-0.25, -0.2) is 0 Å². The van der Waals surface area contributed by atoms with Gasteiger partial charge < -0.3 is 15.8 Å². The first-order valence-electron chi connectivity index (χ1n) is 5.79. The zero-order chi connectivity index (χ0) is 13.4. The second-order valence-electron chi connectivity index (χ2n) is 4.09. The largest absolute Gasteiger partial charge is 0.484 e. The summed E-state index contributed by atoms with van der Waals surface area (Å²) in [5, 5.41) is 2.52. The van der Waals surface area contributed by atoms with Gasteiger partial charge in [-0.15, -0.1) is 6.42 Å². The van der Waals surface area contributed by atoms with E-state index in [2.05, 4.69) is 11.2 Å². The van der Waals surface area contributed by atoms with E-state index >= 15 is 0 Å². The molecule has 1 amide bonds. The number of nitrogens with one attached hydrogen (secondary N) is 1. The summed E-state index contributed by atoms with van der Waals surface area (Å²) in [7, 11) is 0. The maximum Gasteiger partial charge on any atom is 0.258 e. The van der Waals surface area contributed by atoms with Crippen molar-refractivity contribution < 1.29 is 9.53 Å². The number of hydrogen-bond acceptors (Lipinski definition) is 3. The van der Waals surface area contributed by atoms with Crippen LogP contribution in [-0.4, -0.2) is 25.1 Å². The SMILES string of the molecule is C#CCNC(=O)COc1ccc(CC(C)N)cc1. The Morgan fingerprint density at radius 3 is 2.72 bits per heavy atom. The van der Waals surface area contributed by atoms with Gasteiger partial charge in [0.25, 0.3) is 5.91 Å². The number of hydrogen-bond donors (Lipinski definition) is 2. The lowest BCUT2D eigenvalue weighted by Gasteiger charge is -2.08. The Morgan fingerprint density at radius 2 is 2.17 bits per heavy atom. The molecule has 4 nitrogen and oxygen atoms in total. The fraction of sp³-hybridized carbons (Fsp3) is 0.357. The fourth-order valence-electron chi connectivity index (χ4n) is 1.44. The van der Waals surface area contributed by atoms with E-state index in [0.717, 1.165) is 12.0 Å². The monoisotopic (exact) mass is 246 g/mol. The highest BCUT2D eigenvalue weighted by Crippen LogP contribution is 2.12. The summed E-state index contributed by atoms with van der Waals surface area (Å²) < 4.78 is 5.31. The molecule has 0 fully saturated rings. The standard InChI is InChI=1S/C14H18N2O2/c1-3-8-16-14(17)10-18-13-6-4-12(5-7-13)9-11(2)15/h1,4-7,11H,8-10,15H2,2H3,(H,16,17). The van der Waals surface area contributed by atoms with Gasteiger partial charge in [0, 0.05) is 6.04 Å². The molecule has 1 aromatic rings. The Labute approximate surface area is 108 Å². The molecule has 0 aliphatic carbocycles. The third-order valence-corrected chi connectivity index (χ3v) is 2.24. The molecule has 0 radical (unpaired) electrons. The normalized spacial score (nSPS) is 11.4. The van der Waals surface area contributed by atoms with Crippen molar-refractivity contribution in [1.82, 2.24) is 5.32 Å². The number of benzene rings is 1. The maximum atomic E-state index is 11.2. The molecular formula is C14H18N2O2. The molecule has 1 aromatic carbocycles. The van der Waals surface area contributed by atoms with E-state index in [1.54, 1.807) is 0 Å². The number of carbonyl (C=O) groups excluding carboxylic acids is 1. The Hall–Kier alpha value is -1.99. The summed E-state index contributed by atoms with van der Waals surface area (Å²) in [5.74, 6) is 2.75. The van der Waals surface area contributed by atoms with Crippen molar-refractivity contribution in [2.45, 2.75) is 19.4 Å². The van der Waals surface area contributed by atoms with Crippen LogP contribution in [0.1, 0.15) is 12.5 Å². The summed E-state index contributed by atoms with van der Waals surface area (Å²) in [5.41, 5.74) is 6.85. The van der Waals surface area contributed by atoms with Gasteiger partial charge in [-0.1, -0.05) is 18.1 Å². The fourth-order valence-corrected chi connectivity index (χ4v) is 1.44. The molecule has 1 atom stereocenters. The predicted octanol–water partition coefficient (Wildman–Crippen LogP) is 0.704.